The number of ether oxygens (including phenoxy) is 1. The molecule has 26 heavy (non-hydrogen) atoms. The number of esters is 1. The van der Waals surface area contributed by atoms with Gasteiger partial charge in [-0.25, -0.2) is 4.79 Å². The van der Waals surface area contributed by atoms with Gasteiger partial charge in [-0.15, -0.1) is 0 Å². The molecule has 0 saturated carbocycles. The van der Waals surface area contributed by atoms with E-state index in [0.717, 1.165) is 19.3 Å². The SMILES string of the molecule is C=CC(=O)OCCCC/C=C/CCCCCCCCCCCCCCC. The molecule has 2 nitrogen and oxygen atoms in total. The molecule has 0 radical (unpaired) electrons. The second kappa shape index (κ2) is 22.0. The van der Waals surface area contributed by atoms with E-state index < -0.39 is 0 Å². The Morgan fingerprint density at radius 3 is 1.58 bits per heavy atom. The van der Waals surface area contributed by atoms with Gasteiger partial charge in [0.05, 0.1) is 6.61 Å². The second-order valence-corrected chi connectivity index (χ2v) is 7.37. The molecule has 0 saturated heterocycles. The van der Waals surface area contributed by atoms with Crippen molar-refractivity contribution in [3.8, 4) is 0 Å². The molecule has 0 aromatic heterocycles. The van der Waals surface area contributed by atoms with Crippen LogP contribution < -0.4 is 0 Å². The van der Waals surface area contributed by atoms with Crippen LogP contribution in [0.1, 0.15) is 116 Å². The van der Waals surface area contributed by atoms with Crippen LogP contribution in [0.25, 0.3) is 0 Å². The van der Waals surface area contributed by atoms with Crippen LogP contribution in [0.3, 0.4) is 0 Å². The molecule has 0 bridgehead atoms. The summed E-state index contributed by atoms with van der Waals surface area (Å²) >= 11 is 0. The van der Waals surface area contributed by atoms with Crippen molar-refractivity contribution >= 4 is 5.97 Å². The minimum absolute atomic E-state index is 0.317. The molecule has 0 aromatic rings. The summed E-state index contributed by atoms with van der Waals surface area (Å²) in [6.45, 7) is 6.17. The van der Waals surface area contributed by atoms with Gasteiger partial charge < -0.3 is 4.74 Å². The van der Waals surface area contributed by atoms with Crippen molar-refractivity contribution in [2.75, 3.05) is 6.61 Å². The molecule has 0 heterocycles. The van der Waals surface area contributed by atoms with Gasteiger partial charge in [-0.2, -0.15) is 0 Å². The first-order valence-corrected chi connectivity index (χ1v) is 11.3. The largest absolute Gasteiger partial charge is 0.463 e. The first-order chi connectivity index (χ1) is 12.8. The van der Waals surface area contributed by atoms with Crippen molar-refractivity contribution < 1.29 is 9.53 Å². The lowest BCUT2D eigenvalue weighted by molar-refractivity contribution is -0.137. The van der Waals surface area contributed by atoms with Gasteiger partial charge in [0.25, 0.3) is 0 Å². The normalized spacial score (nSPS) is 11.1. The fourth-order valence-electron chi connectivity index (χ4n) is 3.11. The topological polar surface area (TPSA) is 26.3 Å². The van der Waals surface area contributed by atoms with Gasteiger partial charge in [-0.3, -0.25) is 0 Å². The van der Waals surface area contributed by atoms with Gasteiger partial charge in [-0.05, 0) is 32.1 Å². The van der Waals surface area contributed by atoms with Gasteiger partial charge in [0.1, 0.15) is 0 Å². The maximum atomic E-state index is 10.8. The van der Waals surface area contributed by atoms with Gasteiger partial charge in [0.15, 0.2) is 0 Å². The predicted octanol–water partition coefficient (Wildman–Crippen LogP) is 7.92. The van der Waals surface area contributed by atoms with E-state index in [1.165, 1.54) is 96.0 Å². The minimum atomic E-state index is -0.317. The summed E-state index contributed by atoms with van der Waals surface area (Å²) in [6.07, 6.45) is 28.5. The Morgan fingerprint density at radius 1 is 0.692 bits per heavy atom. The second-order valence-electron chi connectivity index (χ2n) is 7.37. The molecule has 0 fully saturated rings. The quantitative estimate of drug-likeness (QED) is 0.0948. The Kier molecular flexibility index (Phi) is 21.1. The number of rotatable bonds is 20. The molecular formula is C24H44O2. The van der Waals surface area contributed by atoms with Crippen molar-refractivity contribution in [1.82, 2.24) is 0 Å². The van der Waals surface area contributed by atoms with Crippen LogP contribution >= 0.6 is 0 Å². The molecule has 0 rings (SSSR count). The zero-order chi connectivity index (χ0) is 19.1. The lowest BCUT2D eigenvalue weighted by atomic mass is 10.0. The highest BCUT2D eigenvalue weighted by Gasteiger charge is 1.95. The summed E-state index contributed by atoms with van der Waals surface area (Å²) in [5, 5.41) is 0. The van der Waals surface area contributed by atoms with E-state index in [1.807, 2.05) is 0 Å². The lowest BCUT2D eigenvalue weighted by Gasteiger charge is -2.02. The Balaban J connectivity index is 3.10. The number of carbonyl (C=O) groups is 1. The van der Waals surface area contributed by atoms with Crippen LogP contribution in [-0.4, -0.2) is 12.6 Å². The van der Waals surface area contributed by atoms with Crippen LogP contribution in [0.4, 0.5) is 0 Å². The van der Waals surface area contributed by atoms with E-state index in [1.54, 1.807) is 0 Å². The number of carbonyl (C=O) groups excluding carboxylic acids is 1. The average molecular weight is 365 g/mol. The molecule has 2 heteroatoms. The molecule has 0 aliphatic carbocycles. The van der Waals surface area contributed by atoms with Crippen LogP contribution in [-0.2, 0) is 9.53 Å². The smallest absolute Gasteiger partial charge is 0.330 e. The molecule has 0 amide bonds. The maximum Gasteiger partial charge on any atom is 0.330 e. The Labute approximate surface area is 163 Å². The third kappa shape index (κ3) is 21.0. The minimum Gasteiger partial charge on any atom is -0.463 e. The number of hydrogen-bond donors (Lipinski definition) is 0. The van der Waals surface area contributed by atoms with Gasteiger partial charge >= 0.3 is 5.97 Å². The summed E-state index contributed by atoms with van der Waals surface area (Å²) in [5.41, 5.74) is 0. The van der Waals surface area contributed by atoms with Gasteiger partial charge in [-0.1, -0.05) is 103 Å². The standard InChI is InChI=1S/C24H44O2/c1-3-5-6-7-8-9-10-11-12-13-14-15-16-17-18-19-20-21-22-23-26-24(25)4-2/h4,18-19H,2-3,5-17,20-23H2,1H3/b19-18+. The third-order valence-corrected chi connectivity index (χ3v) is 4.82. The molecule has 0 aliphatic heterocycles. The van der Waals surface area contributed by atoms with E-state index in [0.29, 0.717) is 6.61 Å². The summed E-state index contributed by atoms with van der Waals surface area (Å²) in [5.74, 6) is -0.317. The van der Waals surface area contributed by atoms with Crippen LogP contribution in [0.2, 0.25) is 0 Å². The van der Waals surface area contributed by atoms with E-state index in [9.17, 15) is 4.79 Å². The van der Waals surface area contributed by atoms with Crippen molar-refractivity contribution in [1.29, 1.82) is 0 Å². The average Bonchev–Trinajstić information content (AvgIpc) is 2.66. The fraction of sp³-hybridized carbons (Fsp3) is 0.792. The van der Waals surface area contributed by atoms with Gasteiger partial charge in [0, 0.05) is 6.08 Å². The van der Waals surface area contributed by atoms with E-state index >= 15 is 0 Å². The molecule has 0 unspecified atom stereocenters. The molecule has 0 spiro atoms. The lowest BCUT2D eigenvalue weighted by Crippen LogP contribution is -2.01. The van der Waals surface area contributed by atoms with E-state index in [-0.39, 0.29) is 5.97 Å². The molecule has 152 valence electrons. The number of hydrogen-bond acceptors (Lipinski definition) is 2. The molecular weight excluding hydrogens is 320 g/mol. The first kappa shape index (κ1) is 24.9. The monoisotopic (exact) mass is 364 g/mol. The zero-order valence-electron chi connectivity index (χ0n) is 17.5. The fourth-order valence-corrected chi connectivity index (χ4v) is 3.11. The van der Waals surface area contributed by atoms with Crippen molar-refractivity contribution in [3.05, 3.63) is 24.8 Å². The third-order valence-electron chi connectivity index (χ3n) is 4.82. The van der Waals surface area contributed by atoms with Crippen molar-refractivity contribution in [3.63, 3.8) is 0 Å². The maximum absolute atomic E-state index is 10.8. The molecule has 0 aliphatic rings. The summed E-state index contributed by atoms with van der Waals surface area (Å²) in [4.78, 5) is 10.8. The predicted molar refractivity (Wildman–Crippen MR) is 114 cm³/mol. The van der Waals surface area contributed by atoms with Crippen LogP contribution in [0.5, 0.6) is 0 Å². The summed E-state index contributed by atoms with van der Waals surface area (Å²) < 4.78 is 4.94. The molecule has 0 N–H and O–H groups in total. The Hall–Kier alpha value is -1.05. The molecule has 0 aromatic carbocycles. The zero-order valence-corrected chi connectivity index (χ0v) is 17.5. The number of allylic oxidation sites excluding steroid dienone is 2. The van der Waals surface area contributed by atoms with Crippen molar-refractivity contribution in [2.45, 2.75) is 116 Å². The Morgan fingerprint density at radius 2 is 1.12 bits per heavy atom. The van der Waals surface area contributed by atoms with E-state index in [4.69, 9.17) is 4.74 Å². The Bertz CT molecular complexity index is 333. The van der Waals surface area contributed by atoms with Crippen molar-refractivity contribution in [2.24, 2.45) is 0 Å². The first-order valence-electron chi connectivity index (χ1n) is 11.3. The van der Waals surface area contributed by atoms with Gasteiger partial charge in [0.2, 0.25) is 0 Å². The van der Waals surface area contributed by atoms with Crippen LogP contribution in [0, 0.1) is 0 Å². The number of unbranched alkanes of at least 4 members (excludes halogenated alkanes) is 15. The summed E-state index contributed by atoms with van der Waals surface area (Å²) in [6, 6.07) is 0. The molecule has 0 atom stereocenters. The highest BCUT2D eigenvalue weighted by atomic mass is 16.5. The highest BCUT2D eigenvalue weighted by Crippen LogP contribution is 2.13. The van der Waals surface area contributed by atoms with E-state index in [2.05, 4.69) is 25.7 Å². The van der Waals surface area contributed by atoms with Crippen LogP contribution in [0.15, 0.2) is 24.8 Å². The summed E-state index contributed by atoms with van der Waals surface area (Å²) in [7, 11) is 0. The highest BCUT2D eigenvalue weighted by molar-refractivity contribution is 5.81.